The maximum atomic E-state index is 11.9. The fourth-order valence-corrected chi connectivity index (χ4v) is 2.00. The van der Waals surface area contributed by atoms with Crippen molar-refractivity contribution in [3.05, 3.63) is 68.7 Å². The molecule has 25 heavy (non-hydrogen) atoms. The lowest BCUT2D eigenvalue weighted by Gasteiger charge is -2.09. The number of nitro benzene ring substituents is 1. The molecule has 1 aromatic carbocycles. The summed E-state index contributed by atoms with van der Waals surface area (Å²) in [6, 6.07) is 5.35. The second-order valence-electron chi connectivity index (χ2n) is 5.28. The molecule has 9 heteroatoms. The molecule has 1 amide bonds. The van der Waals surface area contributed by atoms with Gasteiger partial charge in [-0.15, -0.1) is 0 Å². The summed E-state index contributed by atoms with van der Waals surface area (Å²) in [6.07, 6.45) is 2.24. The van der Waals surface area contributed by atoms with Gasteiger partial charge in [-0.2, -0.15) is 4.73 Å². The van der Waals surface area contributed by atoms with Crippen LogP contribution in [0.5, 0.6) is 0 Å². The number of hydrogen-bond acceptors (Lipinski definition) is 6. The molecule has 0 aliphatic carbocycles. The number of benzene rings is 1. The molecular formula is C16H15N3O6. The fraction of sp³-hybridized carbons (Fsp3) is 0.188. The number of rotatable bonds is 5. The predicted molar refractivity (Wildman–Crippen MR) is 86.9 cm³/mol. The zero-order valence-electron chi connectivity index (χ0n) is 13.5. The maximum Gasteiger partial charge on any atom is 0.339 e. The Labute approximate surface area is 142 Å². The molecule has 0 unspecified atom stereocenters. The second-order valence-corrected chi connectivity index (χ2v) is 5.28. The number of nitrogens with one attached hydrogen (secondary N) is 1. The predicted octanol–water partition coefficient (Wildman–Crippen LogP) is 1.64. The second kappa shape index (κ2) is 7.39. The number of esters is 1. The molecule has 0 atom stereocenters. The van der Waals surface area contributed by atoms with Gasteiger partial charge >= 0.3 is 5.97 Å². The summed E-state index contributed by atoms with van der Waals surface area (Å²) in [5.74, 6) is -1.50. The molecule has 2 aromatic rings. The molecule has 0 radical (unpaired) electrons. The van der Waals surface area contributed by atoms with Gasteiger partial charge in [-0.25, -0.2) is 4.79 Å². The van der Waals surface area contributed by atoms with Gasteiger partial charge in [-0.1, -0.05) is 0 Å². The number of aryl methyl sites for hydroxylation is 2. The molecule has 0 aliphatic rings. The van der Waals surface area contributed by atoms with Gasteiger partial charge in [0.2, 0.25) is 0 Å². The first-order valence-corrected chi connectivity index (χ1v) is 7.19. The number of ether oxygens (including phenoxy) is 1. The lowest BCUT2D eigenvalue weighted by molar-refractivity contribution is -0.605. The Bertz CT molecular complexity index is 833. The highest BCUT2D eigenvalue weighted by molar-refractivity contribution is 5.96. The van der Waals surface area contributed by atoms with Crippen molar-refractivity contribution in [2.24, 2.45) is 0 Å². The number of nitrogens with zero attached hydrogens (tertiary/aromatic N) is 2. The third-order valence-corrected chi connectivity index (χ3v) is 3.45. The Morgan fingerprint density at radius 1 is 1.20 bits per heavy atom. The Kier molecular flexibility index (Phi) is 5.28. The highest BCUT2D eigenvalue weighted by Crippen LogP contribution is 2.27. The Hall–Kier alpha value is -3.49. The quantitative estimate of drug-likeness (QED) is 0.289. The summed E-state index contributed by atoms with van der Waals surface area (Å²) in [7, 11) is 0. The van der Waals surface area contributed by atoms with Crippen LogP contribution in [0.4, 0.5) is 11.4 Å². The van der Waals surface area contributed by atoms with Crippen molar-refractivity contribution in [3.8, 4) is 0 Å². The molecule has 2 rings (SSSR count). The van der Waals surface area contributed by atoms with Crippen LogP contribution in [0.3, 0.4) is 0 Å². The van der Waals surface area contributed by atoms with Gasteiger partial charge in [-0.3, -0.25) is 14.9 Å². The van der Waals surface area contributed by atoms with Crippen LogP contribution < -0.4 is 10.0 Å². The number of pyridine rings is 1. The normalized spacial score (nSPS) is 10.2. The van der Waals surface area contributed by atoms with E-state index in [2.05, 4.69) is 5.32 Å². The number of aromatic nitrogens is 1. The largest absolute Gasteiger partial charge is 0.619 e. The van der Waals surface area contributed by atoms with Crippen molar-refractivity contribution >= 4 is 23.3 Å². The molecule has 0 saturated carbocycles. The molecule has 0 saturated heterocycles. The van der Waals surface area contributed by atoms with Crippen LogP contribution in [0.15, 0.2) is 36.7 Å². The van der Waals surface area contributed by atoms with E-state index in [-0.39, 0.29) is 16.9 Å². The third-order valence-electron chi connectivity index (χ3n) is 3.45. The van der Waals surface area contributed by atoms with Crippen LogP contribution in [0.1, 0.15) is 21.5 Å². The van der Waals surface area contributed by atoms with Gasteiger partial charge in [0.25, 0.3) is 11.6 Å². The van der Waals surface area contributed by atoms with E-state index in [9.17, 15) is 24.9 Å². The number of hydrogen-bond donors (Lipinski definition) is 1. The average Bonchev–Trinajstić information content (AvgIpc) is 2.56. The SMILES string of the molecule is Cc1cc(NC(=O)COC(=O)c2cc[n+]([O-])cc2)c([N+](=O)[O-])cc1C. The Morgan fingerprint density at radius 2 is 1.80 bits per heavy atom. The smallest absolute Gasteiger partial charge is 0.339 e. The van der Waals surface area contributed by atoms with E-state index >= 15 is 0 Å². The number of carbonyl (C=O) groups is 2. The summed E-state index contributed by atoms with van der Waals surface area (Å²) in [4.78, 5) is 34.2. The summed E-state index contributed by atoms with van der Waals surface area (Å²) < 4.78 is 5.33. The molecule has 0 aliphatic heterocycles. The van der Waals surface area contributed by atoms with Crippen LogP contribution >= 0.6 is 0 Å². The summed E-state index contributed by atoms with van der Waals surface area (Å²) in [6.45, 7) is 2.86. The molecule has 0 fully saturated rings. The summed E-state index contributed by atoms with van der Waals surface area (Å²) in [5.41, 5.74) is 1.38. The van der Waals surface area contributed by atoms with E-state index in [1.54, 1.807) is 13.8 Å². The fourth-order valence-electron chi connectivity index (χ4n) is 2.00. The average molecular weight is 345 g/mol. The summed E-state index contributed by atoms with van der Waals surface area (Å²) >= 11 is 0. The first-order valence-electron chi connectivity index (χ1n) is 7.19. The highest BCUT2D eigenvalue weighted by Gasteiger charge is 2.18. The number of amides is 1. The van der Waals surface area contributed by atoms with E-state index in [1.807, 2.05) is 0 Å². The van der Waals surface area contributed by atoms with Gasteiger partial charge in [-0.05, 0) is 31.0 Å². The van der Waals surface area contributed by atoms with Crippen molar-refractivity contribution in [3.63, 3.8) is 0 Å². The standard InChI is InChI=1S/C16H15N3O6/c1-10-7-13(14(19(23)24)8-11(10)2)17-15(20)9-25-16(21)12-3-5-18(22)6-4-12/h3-8H,9H2,1-2H3,(H,17,20). The Balaban J connectivity index is 2.03. The minimum Gasteiger partial charge on any atom is -0.619 e. The number of anilines is 1. The lowest BCUT2D eigenvalue weighted by atomic mass is 10.1. The van der Waals surface area contributed by atoms with Crippen molar-refractivity contribution in [1.82, 2.24) is 0 Å². The van der Waals surface area contributed by atoms with Gasteiger partial charge in [0, 0.05) is 18.2 Å². The van der Waals surface area contributed by atoms with Crippen molar-refractivity contribution in [2.75, 3.05) is 11.9 Å². The van der Waals surface area contributed by atoms with Gasteiger partial charge in [0.1, 0.15) is 5.69 Å². The van der Waals surface area contributed by atoms with Crippen molar-refractivity contribution in [2.45, 2.75) is 13.8 Å². The van der Waals surface area contributed by atoms with Crippen LogP contribution in [0.2, 0.25) is 0 Å². The maximum absolute atomic E-state index is 11.9. The van der Waals surface area contributed by atoms with E-state index in [0.717, 1.165) is 23.5 Å². The molecule has 0 spiro atoms. The third kappa shape index (κ3) is 4.50. The van der Waals surface area contributed by atoms with Gasteiger partial charge in [0.15, 0.2) is 19.0 Å². The zero-order chi connectivity index (χ0) is 18.6. The Morgan fingerprint density at radius 3 is 2.40 bits per heavy atom. The first-order chi connectivity index (χ1) is 11.8. The van der Waals surface area contributed by atoms with Crippen LogP contribution in [0.25, 0.3) is 0 Å². The molecule has 1 aromatic heterocycles. The minimum absolute atomic E-state index is 0.0289. The molecular weight excluding hydrogens is 330 g/mol. The topological polar surface area (TPSA) is 125 Å². The van der Waals surface area contributed by atoms with Gasteiger partial charge in [0.05, 0.1) is 10.5 Å². The highest BCUT2D eigenvalue weighted by atomic mass is 16.6. The van der Waals surface area contributed by atoms with Gasteiger partial charge < -0.3 is 15.3 Å². The van der Waals surface area contributed by atoms with Crippen LogP contribution in [-0.4, -0.2) is 23.4 Å². The molecule has 1 heterocycles. The molecule has 130 valence electrons. The van der Waals surface area contributed by atoms with Crippen molar-refractivity contribution in [1.29, 1.82) is 0 Å². The summed E-state index contributed by atoms with van der Waals surface area (Å²) in [5, 5.41) is 24.3. The van der Waals surface area contributed by atoms with E-state index < -0.39 is 23.4 Å². The monoisotopic (exact) mass is 345 g/mol. The van der Waals surface area contributed by atoms with E-state index in [1.165, 1.54) is 24.3 Å². The number of carbonyl (C=O) groups excluding carboxylic acids is 2. The first kappa shape index (κ1) is 17.9. The molecule has 0 bridgehead atoms. The minimum atomic E-state index is -0.787. The van der Waals surface area contributed by atoms with Crippen LogP contribution in [0, 0.1) is 29.2 Å². The van der Waals surface area contributed by atoms with E-state index in [4.69, 9.17) is 4.74 Å². The zero-order valence-corrected chi connectivity index (χ0v) is 13.5. The van der Waals surface area contributed by atoms with Crippen LogP contribution in [-0.2, 0) is 9.53 Å². The lowest BCUT2D eigenvalue weighted by Crippen LogP contribution is -2.25. The number of nitro groups is 1. The molecule has 9 nitrogen and oxygen atoms in total. The van der Waals surface area contributed by atoms with Crippen molar-refractivity contribution < 1.29 is 24.0 Å². The molecule has 1 N–H and O–H groups in total. The van der Waals surface area contributed by atoms with E-state index in [0.29, 0.717) is 4.73 Å².